The number of ether oxygens (including phenoxy) is 2. The fourth-order valence-corrected chi connectivity index (χ4v) is 2.70. The van der Waals surface area contributed by atoms with Gasteiger partial charge in [-0.15, -0.1) is 10.2 Å². The summed E-state index contributed by atoms with van der Waals surface area (Å²) in [6.45, 7) is 0.644. The second kappa shape index (κ2) is 9.13. The molecule has 1 aromatic heterocycles. The fraction of sp³-hybridized carbons (Fsp3) is 0.167. The molecule has 0 spiro atoms. The van der Waals surface area contributed by atoms with E-state index in [1.54, 1.807) is 42.5 Å². The highest BCUT2D eigenvalue weighted by atomic mass is 35.5. The topological polar surface area (TPSA) is 81.2 Å². The normalized spacial score (nSPS) is 10.3. The van der Waals surface area contributed by atoms with E-state index in [0.29, 0.717) is 45.6 Å². The number of halogens is 1. The van der Waals surface area contributed by atoms with Crippen molar-refractivity contribution in [3.05, 3.63) is 65.0 Å². The monoisotopic (exact) mass is 387 g/mol. The lowest BCUT2D eigenvalue weighted by Crippen LogP contribution is -2.00. The first-order chi connectivity index (χ1) is 12.7. The lowest BCUT2D eigenvalue weighted by atomic mass is 10.2. The van der Waals surface area contributed by atoms with Gasteiger partial charge in [0.1, 0.15) is 11.5 Å². The molecular formula is C18H14ClN3O3S. The number of thioether (sulfide) groups is 1. The van der Waals surface area contributed by atoms with E-state index in [-0.39, 0.29) is 6.61 Å². The third-order valence-electron chi connectivity index (χ3n) is 3.16. The third-order valence-corrected chi connectivity index (χ3v) is 4.20. The number of hydrogen-bond acceptors (Lipinski definition) is 7. The molecule has 0 aliphatic carbocycles. The maximum atomic E-state index is 8.86. The van der Waals surface area contributed by atoms with Crippen LogP contribution in [0.2, 0.25) is 5.02 Å². The minimum absolute atomic E-state index is 0.187. The highest BCUT2D eigenvalue weighted by Crippen LogP contribution is 2.20. The van der Waals surface area contributed by atoms with Crippen LogP contribution in [0.4, 0.5) is 0 Å². The zero-order chi connectivity index (χ0) is 18.2. The van der Waals surface area contributed by atoms with E-state index in [1.807, 2.05) is 6.07 Å². The van der Waals surface area contributed by atoms with Gasteiger partial charge in [-0.1, -0.05) is 29.4 Å². The molecule has 0 radical (unpaired) electrons. The summed E-state index contributed by atoms with van der Waals surface area (Å²) in [7, 11) is 0. The summed E-state index contributed by atoms with van der Waals surface area (Å²) in [6, 6.07) is 16.1. The number of aromatic nitrogens is 2. The second-order valence-corrected chi connectivity index (χ2v) is 6.52. The van der Waals surface area contributed by atoms with Crippen molar-refractivity contribution in [3.8, 4) is 17.6 Å². The van der Waals surface area contributed by atoms with E-state index in [2.05, 4.69) is 16.3 Å². The summed E-state index contributed by atoms with van der Waals surface area (Å²) in [6.07, 6.45) is 0. The average Bonchev–Trinajstić information content (AvgIpc) is 3.13. The molecule has 0 fully saturated rings. The average molecular weight is 388 g/mol. The molecule has 2 aromatic carbocycles. The van der Waals surface area contributed by atoms with Crippen molar-refractivity contribution >= 4 is 23.4 Å². The molecule has 8 heteroatoms. The molecule has 0 atom stereocenters. The van der Waals surface area contributed by atoms with Crippen molar-refractivity contribution in [2.45, 2.75) is 11.8 Å². The molecule has 26 heavy (non-hydrogen) atoms. The Morgan fingerprint density at radius 1 is 1.08 bits per heavy atom. The SMILES string of the molecule is N#Cc1cccc(OCCSc2nnc(COc3ccc(Cl)cc3)o2)c1. The van der Waals surface area contributed by atoms with E-state index in [4.69, 9.17) is 30.8 Å². The first-order valence-corrected chi connectivity index (χ1v) is 9.06. The van der Waals surface area contributed by atoms with Gasteiger partial charge in [-0.3, -0.25) is 0 Å². The summed E-state index contributed by atoms with van der Waals surface area (Å²) >= 11 is 7.21. The summed E-state index contributed by atoms with van der Waals surface area (Å²) in [4.78, 5) is 0. The number of rotatable bonds is 8. The number of benzene rings is 2. The molecular weight excluding hydrogens is 374 g/mol. The zero-order valence-corrected chi connectivity index (χ0v) is 15.2. The zero-order valence-electron chi connectivity index (χ0n) is 13.6. The van der Waals surface area contributed by atoms with Crippen LogP contribution in [0, 0.1) is 11.3 Å². The number of nitriles is 1. The van der Waals surface area contributed by atoms with Gasteiger partial charge in [0.15, 0.2) is 6.61 Å². The van der Waals surface area contributed by atoms with E-state index >= 15 is 0 Å². The van der Waals surface area contributed by atoms with Crippen LogP contribution < -0.4 is 9.47 Å². The summed E-state index contributed by atoms with van der Waals surface area (Å²) in [5.74, 6) is 2.36. The number of nitrogens with zero attached hydrogens (tertiary/aromatic N) is 3. The van der Waals surface area contributed by atoms with E-state index in [0.717, 1.165) is 0 Å². The van der Waals surface area contributed by atoms with Gasteiger partial charge in [0.25, 0.3) is 11.1 Å². The maximum absolute atomic E-state index is 8.86. The fourth-order valence-electron chi connectivity index (χ4n) is 1.97. The van der Waals surface area contributed by atoms with Crippen LogP contribution in [-0.4, -0.2) is 22.6 Å². The van der Waals surface area contributed by atoms with Gasteiger partial charge in [0, 0.05) is 10.8 Å². The quantitative estimate of drug-likeness (QED) is 0.420. The summed E-state index contributed by atoms with van der Waals surface area (Å²) in [5.41, 5.74) is 0.567. The summed E-state index contributed by atoms with van der Waals surface area (Å²) < 4.78 is 16.7. The predicted molar refractivity (Wildman–Crippen MR) is 97.5 cm³/mol. The van der Waals surface area contributed by atoms with Crippen molar-refractivity contribution in [1.82, 2.24) is 10.2 Å². The Bertz CT molecular complexity index is 893. The van der Waals surface area contributed by atoms with Gasteiger partial charge < -0.3 is 13.9 Å². The minimum atomic E-state index is 0.187. The van der Waals surface area contributed by atoms with Crippen molar-refractivity contribution in [2.75, 3.05) is 12.4 Å². The molecule has 0 aliphatic heterocycles. The molecule has 132 valence electrons. The van der Waals surface area contributed by atoms with E-state index in [9.17, 15) is 0 Å². The standard InChI is InChI=1S/C18H14ClN3O3S/c19-14-4-6-15(7-5-14)24-12-17-21-22-18(25-17)26-9-8-23-16-3-1-2-13(10-16)11-20/h1-7,10H,8-9,12H2. The van der Waals surface area contributed by atoms with Crippen molar-refractivity contribution in [1.29, 1.82) is 5.26 Å². The first kappa shape index (κ1) is 18.1. The van der Waals surface area contributed by atoms with Gasteiger partial charge in [0.05, 0.1) is 18.2 Å². The Balaban J connectivity index is 1.40. The van der Waals surface area contributed by atoms with Gasteiger partial charge in [-0.05, 0) is 42.5 Å². The molecule has 0 bridgehead atoms. The lowest BCUT2D eigenvalue weighted by Gasteiger charge is -2.04. The maximum Gasteiger partial charge on any atom is 0.276 e. The van der Waals surface area contributed by atoms with Gasteiger partial charge in [0.2, 0.25) is 0 Å². The lowest BCUT2D eigenvalue weighted by molar-refractivity contribution is 0.252. The van der Waals surface area contributed by atoms with Gasteiger partial charge in [-0.25, -0.2) is 0 Å². The minimum Gasteiger partial charge on any atom is -0.493 e. The van der Waals surface area contributed by atoms with Crippen LogP contribution in [0.1, 0.15) is 11.5 Å². The molecule has 3 aromatic rings. The Morgan fingerprint density at radius 3 is 2.73 bits per heavy atom. The van der Waals surface area contributed by atoms with Crippen LogP contribution in [0.3, 0.4) is 0 Å². The molecule has 0 saturated carbocycles. The smallest absolute Gasteiger partial charge is 0.276 e. The molecule has 0 amide bonds. The van der Waals surface area contributed by atoms with Crippen molar-refractivity contribution in [2.24, 2.45) is 0 Å². The van der Waals surface area contributed by atoms with E-state index in [1.165, 1.54) is 11.8 Å². The highest BCUT2D eigenvalue weighted by Gasteiger charge is 2.08. The van der Waals surface area contributed by atoms with Crippen molar-refractivity contribution < 1.29 is 13.9 Å². The predicted octanol–water partition coefficient (Wildman–Crippen LogP) is 4.34. The molecule has 0 saturated heterocycles. The molecule has 6 nitrogen and oxygen atoms in total. The van der Waals surface area contributed by atoms with Crippen molar-refractivity contribution in [3.63, 3.8) is 0 Å². The van der Waals surface area contributed by atoms with Crippen LogP contribution >= 0.6 is 23.4 Å². The molecule has 0 aliphatic rings. The van der Waals surface area contributed by atoms with E-state index < -0.39 is 0 Å². The van der Waals surface area contributed by atoms with Crippen LogP contribution in [-0.2, 0) is 6.61 Å². The van der Waals surface area contributed by atoms with Gasteiger partial charge in [-0.2, -0.15) is 5.26 Å². The third kappa shape index (κ3) is 5.41. The van der Waals surface area contributed by atoms with Gasteiger partial charge >= 0.3 is 0 Å². The molecule has 3 rings (SSSR count). The largest absolute Gasteiger partial charge is 0.493 e. The second-order valence-electron chi connectivity index (χ2n) is 5.04. The van der Waals surface area contributed by atoms with Crippen LogP contribution in [0.25, 0.3) is 0 Å². The molecule has 0 N–H and O–H groups in total. The Hall–Kier alpha value is -2.69. The molecule has 0 unspecified atom stereocenters. The highest BCUT2D eigenvalue weighted by molar-refractivity contribution is 7.99. The van der Waals surface area contributed by atoms with Crippen LogP contribution in [0.15, 0.2) is 58.2 Å². The Kier molecular flexibility index (Phi) is 6.36. The Labute approximate surface area is 159 Å². The first-order valence-electron chi connectivity index (χ1n) is 7.69. The number of hydrogen-bond donors (Lipinski definition) is 0. The van der Waals surface area contributed by atoms with Crippen LogP contribution in [0.5, 0.6) is 11.5 Å². The Morgan fingerprint density at radius 2 is 1.92 bits per heavy atom. The molecule has 1 heterocycles. The summed E-state index contributed by atoms with van der Waals surface area (Å²) in [5, 5.41) is 17.9.